The minimum atomic E-state index is -0.904. The van der Waals surface area contributed by atoms with Gasteiger partial charge in [0.05, 0.1) is 13.2 Å². The van der Waals surface area contributed by atoms with E-state index in [2.05, 4.69) is 18.6 Å². The summed E-state index contributed by atoms with van der Waals surface area (Å²) in [5, 5.41) is 19.9. The van der Waals surface area contributed by atoms with Crippen LogP contribution in [0.5, 0.6) is 11.5 Å². The minimum absolute atomic E-state index is 0.0316. The molecule has 0 radical (unpaired) electrons. The zero-order valence-corrected chi connectivity index (χ0v) is 26.5. The van der Waals surface area contributed by atoms with E-state index in [-0.39, 0.29) is 37.2 Å². The molecule has 0 spiro atoms. The number of rotatable bonds is 22. The van der Waals surface area contributed by atoms with E-state index in [9.17, 15) is 19.8 Å². The van der Waals surface area contributed by atoms with Crippen molar-refractivity contribution in [3.8, 4) is 11.5 Å². The van der Waals surface area contributed by atoms with Gasteiger partial charge in [-0.3, -0.25) is 9.59 Å². The molecule has 2 N–H and O–H groups in total. The highest BCUT2D eigenvalue weighted by atomic mass is 16.5. The van der Waals surface area contributed by atoms with E-state index in [1.54, 1.807) is 0 Å². The van der Waals surface area contributed by atoms with Crippen LogP contribution in [0.15, 0.2) is 48.5 Å². The van der Waals surface area contributed by atoms with Gasteiger partial charge in [-0.2, -0.15) is 0 Å². The van der Waals surface area contributed by atoms with E-state index < -0.39 is 12.2 Å². The maximum atomic E-state index is 12.0. The molecule has 0 fully saturated rings. The van der Waals surface area contributed by atoms with Crippen molar-refractivity contribution in [3.63, 3.8) is 0 Å². The van der Waals surface area contributed by atoms with Gasteiger partial charge >= 0.3 is 11.9 Å². The van der Waals surface area contributed by atoms with Gasteiger partial charge in [0.25, 0.3) is 0 Å². The number of esters is 2. The fraction of sp³-hybridized carbons (Fsp3) is 0.600. The highest BCUT2D eigenvalue weighted by Crippen LogP contribution is 2.33. The van der Waals surface area contributed by atoms with Crippen molar-refractivity contribution in [1.29, 1.82) is 0 Å². The van der Waals surface area contributed by atoms with E-state index in [1.807, 2.05) is 55.5 Å². The molecule has 240 valence electrons. The second-order valence-electron chi connectivity index (χ2n) is 11.6. The first-order valence-corrected chi connectivity index (χ1v) is 15.7. The van der Waals surface area contributed by atoms with Crippen LogP contribution in [0.1, 0.15) is 103 Å². The Morgan fingerprint density at radius 2 is 1.07 bits per heavy atom. The monoisotopic (exact) mass is 600 g/mol. The van der Waals surface area contributed by atoms with Crippen LogP contribution in [0, 0.1) is 0 Å². The van der Waals surface area contributed by atoms with E-state index in [0.29, 0.717) is 25.0 Å². The quantitative estimate of drug-likeness (QED) is 0.116. The number of carbonyl (C=O) groups excluding carboxylic acids is 2. The summed E-state index contributed by atoms with van der Waals surface area (Å²) in [5.41, 5.74) is 1.99. The molecule has 2 aromatic carbocycles. The average molecular weight is 601 g/mol. The summed E-state index contributed by atoms with van der Waals surface area (Å²) in [6.07, 6.45) is 8.22. The summed E-state index contributed by atoms with van der Waals surface area (Å²) in [6.45, 7) is 6.44. The summed E-state index contributed by atoms with van der Waals surface area (Å²) in [4.78, 5) is 23.1. The number of hydrogen-bond acceptors (Lipinski definition) is 8. The van der Waals surface area contributed by atoms with Crippen LogP contribution in [-0.2, 0) is 24.5 Å². The Bertz CT molecular complexity index is 1050. The molecule has 0 saturated carbocycles. The second kappa shape index (κ2) is 20.0. The highest BCUT2D eigenvalue weighted by Gasteiger charge is 2.23. The molecule has 2 atom stereocenters. The first-order chi connectivity index (χ1) is 20.6. The van der Waals surface area contributed by atoms with Crippen molar-refractivity contribution in [2.45, 2.75) is 109 Å². The number of benzene rings is 2. The van der Waals surface area contributed by atoms with Gasteiger partial charge in [0.1, 0.15) is 37.4 Å². The van der Waals surface area contributed by atoms with Crippen LogP contribution in [0.2, 0.25) is 0 Å². The normalized spacial score (nSPS) is 12.8. The Kier molecular flexibility index (Phi) is 16.8. The molecule has 0 saturated heterocycles. The summed E-state index contributed by atoms with van der Waals surface area (Å²) in [5.74, 6) is 0.917. The molecular weight excluding hydrogens is 548 g/mol. The van der Waals surface area contributed by atoms with Crippen LogP contribution in [0.25, 0.3) is 0 Å². The Balaban J connectivity index is 1.61. The van der Waals surface area contributed by atoms with Gasteiger partial charge in [0.15, 0.2) is 0 Å². The minimum Gasteiger partial charge on any atom is -0.491 e. The van der Waals surface area contributed by atoms with Crippen LogP contribution >= 0.6 is 0 Å². The van der Waals surface area contributed by atoms with Crippen molar-refractivity contribution in [2.24, 2.45) is 0 Å². The number of carbonyl (C=O) groups is 2. The first-order valence-electron chi connectivity index (χ1n) is 15.7. The molecule has 0 aliphatic rings. The number of unbranched alkanes of at least 4 members (excludes halogenated alkanes) is 7. The van der Waals surface area contributed by atoms with Crippen molar-refractivity contribution in [1.82, 2.24) is 0 Å². The van der Waals surface area contributed by atoms with E-state index in [4.69, 9.17) is 14.2 Å². The van der Waals surface area contributed by atoms with Crippen LogP contribution in [-0.4, -0.2) is 61.3 Å². The number of aliphatic hydroxyl groups excluding tert-OH is 2. The lowest BCUT2D eigenvalue weighted by molar-refractivity contribution is -0.147. The molecule has 0 bridgehead atoms. The predicted octanol–water partition coefficient (Wildman–Crippen LogP) is 6.52. The number of methoxy groups -OCH3 is 1. The third-order valence-corrected chi connectivity index (χ3v) is 7.68. The largest absolute Gasteiger partial charge is 0.491 e. The third-order valence-electron chi connectivity index (χ3n) is 7.68. The molecular formula is C35H52O8. The smallest absolute Gasteiger partial charge is 0.305 e. The SMILES string of the molecule is CCC(O)COc1ccc(C(C)(C)c2ccc(OCC(O)COC(=O)CCCCCCCCCCC(=O)OC)cc2)cc1. The van der Waals surface area contributed by atoms with E-state index >= 15 is 0 Å². The van der Waals surface area contributed by atoms with Gasteiger partial charge in [-0.05, 0) is 54.7 Å². The van der Waals surface area contributed by atoms with Crippen LogP contribution in [0.4, 0.5) is 0 Å². The Morgan fingerprint density at radius 3 is 1.51 bits per heavy atom. The lowest BCUT2D eigenvalue weighted by Gasteiger charge is -2.26. The second-order valence-corrected chi connectivity index (χ2v) is 11.6. The zero-order chi connectivity index (χ0) is 31.5. The fourth-order valence-electron chi connectivity index (χ4n) is 4.62. The first kappa shape index (κ1) is 36.1. The Hall–Kier alpha value is -3.10. The highest BCUT2D eigenvalue weighted by molar-refractivity contribution is 5.69. The molecule has 0 aromatic heterocycles. The summed E-state index contributed by atoms with van der Waals surface area (Å²) < 4.78 is 21.2. The fourth-order valence-corrected chi connectivity index (χ4v) is 4.62. The van der Waals surface area contributed by atoms with Crippen molar-refractivity contribution in [2.75, 3.05) is 26.9 Å². The van der Waals surface area contributed by atoms with Gasteiger partial charge in [-0.1, -0.05) is 83.6 Å². The van der Waals surface area contributed by atoms with Crippen molar-refractivity contribution in [3.05, 3.63) is 59.7 Å². The lowest BCUT2D eigenvalue weighted by atomic mass is 9.78. The molecule has 2 unspecified atom stereocenters. The standard InChI is InChI=1S/C35H52O8/c1-5-29(36)24-41-31-20-16-27(17-21-31)35(2,3)28-18-22-32(23-19-28)42-25-30(37)26-43-34(39)15-13-11-9-7-6-8-10-12-14-33(38)40-4/h16-23,29-30,36-37H,5-15,24-26H2,1-4H3. The van der Waals surface area contributed by atoms with Crippen molar-refractivity contribution < 1.29 is 38.7 Å². The topological polar surface area (TPSA) is 112 Å². The van der Waals surface area contributed by atoms with Gasteiger partial charge in [0, 0.05) is 18.3 Å². The van der Waals surface area contributed by atoms with E-state index in [0.717, 1.165) is 68.2 Å². The predicted molar refractivity (Wildman–Crippen MR) is 167 cm³/mol. The number of hydrogen-bond donors (Lipinski definition) is 2. The van der Waals surface area contributed by atoms with Crippen LogP contribution in [0.3, 0.4) is 0 Å². The number of ether oxygens (including phenoxy) is 4. The maximum absolute atomic E-state index is 12.0. The third kappa shape index (κ3) is 14.3. The van der Waals surface area contributed by atoms with Gasteiger partial charge < -0.3 is 29.2 Å². The number of aliphatic hydroxyl groups is 2. The van der Waals surface area contributed by atoms with Gasteiger partial charge in [-0.15, -0.1) is 0 Å². The molecule has 8 nitrogen and oxygen atoms in total. The molecule has 0 aliphatic carbocycles. The molecule has 8 heteroatoms. The van der Waals surface area contributed by atoms with Crippen LogP contribution < -0.4 is 9.47 Å². The summed E-state index contributed by atoms with van der Waals surface area (Å²) in [7, 11) is 1.42. The molecule has 43 heavy (non-hydrogen) atoms. The van der Waals surface area contributed by atoms with Crippen molar-refractivity contribution >= 4 is 11.9 Å². The lowest BCUT2D eigenvalue weighted by Crippen LogP contribution is -2.25. The molecule has 0 amide bonds. The summed E-state index contributed by atoms with van der Waals surface area (Å²) >= 11 is 0. The molecule has 0 aliphatic heterocycles. The maximum Gasteiger partial charge on any atom is 0.305 e. The van der Waals surface area contributed by atoms with E-state index in [1.165, 1.54) is 7.11 Å². The van der Waals surface area contributed by atoms with Gasteiger partial charge in [0.2, 0.25) is 0 Å². The van der Waals surface area contributed by atoms with Gasteiger partial charge in [-0.25, -0.2) is 0 Å². The molecule has 0 heterocycles. The zero-order valence-electron chi connectivity index (χ0n) is 26.5. The molecule has 2 rings (SSSR count). The Morgan fingerprint density at radius 1 is 0.651 bits per heavy atom. The summed E-state index contributed by atoms with van der Waals surface area (Å²) in [6, 6.07) is 15.7. The molecule has 2 aromatic rings. The average Bonchev–Trinajstić information content (AvgIpc) is 3.02. The Labute approximate surface area is 257 Å².